The molecule has 0 saturated carbocycles. The molecule has 92 valence electrons. The first-order chi connectivity index (χ1) is 8.31. The smallest absolute Gasteiger partial charge is 0.323 e. The van der Waals surface area contributed by atoms with Crippen LogP contribution in [0.4, 0.5) is 0 Å². The number of ether oxygens (including phenoxy) is 1. The highest BCUT2D eigenvalue weighted by Crippen LogP contribution is 2.19. The van der Waals surface area contributed by atoms with Gasteiger partial charge in [0.2, 0.25) is 0 Å². The van der Waals surface area contributed by atoms with Crippen molar-refractivity contribution in [2.45, 2.75) is 31.8 Å². The van der Waals surface area contributed by atoms with Crippen LogP contribution < -0.4 is 0 Å². The lowest BCUT2D eigenvalue weighted by molar-refractivity contribution is -0.148. The Bertz CT molecular complexity index is 369. The van der Waals surface area contributed by atoms with Gasteiger partial charge in [0.1, 0.15) is 11.9 Å². The molecule has 1 unspecified atom stereocenters. The predicted octanol–water partition coefficient (Wildman–Crippen LogP) is 1.00. The van der Waals surface area contributed by atoms with E-state index in [-0.39, 0.29) is 12.0 Å². The third-order valence-electron chi connectivity index (χ3n) is 3.05. The van der Waals surface area contributed by atoms with Crippen LogP contribution in [0.3, 0.4) is 0 Å². The molecule has 5 nitrogen and oxygen atoms in total. The molecule has 0 spiro atoms. The van der Waals surface area contributed by atoms with E-state index < -0.39 is 0 Å². The monoisotopic (exact) mass is 235 g/mol. The second-order valence-corrected chi connectivity index (χ2v) is 4.17. The van der Waals surface area contributed by atoms with Gasteiger partial charge in [-0.3, -0.25) is 9.69 Å². The fourth-order valence-corrected chi connectivity index (χ4v) is 2.18. The Morgan fingerprint density at radius 1 is 1.47 bits per heavy atom. The van der Waals surface area contributed by atoms with E-state index in [1.54, 1.807) is 18.5 Å². The van der Waals surface area contributed by atoms with Gasteiger partial charge in [0.05, 0.1) is 13.7 Å². The van der Waals surface area contributed by atoms with Crippen LogP contribution in [0.5, 0.6) is 0 Å². The number of rotatable bonds is 3. The van der Waals surface area contributed by atoms with E-state index in [1.807, 2.05) is 0 Å². The van der Waals surface area contributed by atoms with Crippen LogP contribution in [0.25, 0.3) is 0 Å². The van der Waals surface area contributed by atoms with E-state index in [9.17, 15) is 4.79 Å². The summed E-state index contributed by atoms with van der Waals surface area (Å²) >= 11 is 0. The van der Waals surface area contributed by atoms with Crippen LogP contribution >= 0.6 is 0 Å². The summed E-state index contributed by atoms with van der Waals surface area (Å²) in [5, 5.41) is 0. The summed E-state index contributed by atoms with van der Waals surface area (Å²) in [7, 11) is 1.44. The molecule has 2 rings (SSSR count). The summed E-state index contributed by atoms with van der Waals surface area (Å²) in [4.78, 5) is 22.1. The van der Waals surface area contributed by atoms with E-state index in [0.29, 0.717) is 6.54 Å². The third kappa shape index (κ3) is 3.00. The summed E-state index contributed by atoms with van der Waals surface area (Å²) in [5.74, 6) is 0.601. The summed E-state index contributed by atoms with van der Waals surface area (Å²) in [6.45, 7) is 1.51. The maximum absolute atomic E-state index is 11.7. The first kappa shape index (κ1) is 12.0. The molecule has 1 atom stereocenters. The second kappa shape index (κ2) is 5.72. The molecule has 1 aliphatic rings. The Balaban J connectivity index is 2.04. The molecule has 0 bridgehead atoms. The Hall–Kier alpha value is -1.49. The second-order valence-electron chi connectivity index (χ2n) is 4.17. The molecule has 0 N–H and O–H groups in total. The normalized spacial score (nSPS) is 21.1. The van der Waals surface area contributed by atoms with Crippen molar-refractivity contribution in [3.63, 3.8) is 0 Å². The van der Waals surface area contributed by atoms with Gasteiger partial charge in [-0.2, -0.15) is 0 Å². The Morgan fingerprint density at radius 2 is 2.24 bits per heavy atom. The lowest BCUT2D eigenvalue weighted by Crippen LogP contribution is -2.44. The SMILES string of the molecule is COC(=O)C1CCCCN1Cc1ncccn1. The molecule has 5 heteroatoms. The third-order valence-corrected chi connectivity index (χ3v) is 3.05. The molecule has 1 saturated heterocycles. The number of likely N-dealkylation sites (tertiary alicyclic amines) is 1. The number of carbonyl (C=O) groups excluding carboxylic acids is 1. The first-order valence-electron chi connectivity index (χ1n) is 5.89. The van der Waals surface area contributed by atoms with Gasteiger partial charge in [0.15, 0.2) is 0 Å². The van der Waals surface area contributed by atoms with Crippen molar-refractivity contribution in [2.75, 3.05) is 13.7 Å². The van der Waals surface area contributed by atoms with Crippen molar-refractivity contribution >= 4 is 5.97 Å². The summed E-state index contributed by atoms with van der Waals surface area (Å²) in [6, 6.07) is 1.65. The maximum atomic E-state index is 11.7. The number of carbonyl (C=O) groups is 1. The van der Waals surface area contributed by atoms with Crippen molar-refractivity contribution in [3.8, 4) is 0 Å². The van der Waals surface area contributed by atoms with Crippen molar-refractivity contribution in [1.29, 1.82) is 0 Å². The molecule has 1 aliphatic heterocycles. The molecule has 0 aliphatic carbocycles. The van der Waals surface area contributed by atoms with Crippen molar-refractivity contribution in [3.05, 3.63) is 24.3 Å². The summed E-state index contributed by atoms with van der Waals surface area (Å²) in [5.41, 5.74) is 0. The number of methoxy groups -OCH3 is 1. The minimum Gasteiger partial charge on any atom is -0.468 e. The van der Waals surface area contributed by atoms with Crippen molar-refractivity contribution in [2.24, 2.45) is 0 Å². The van der Waals surface area contributed by atoms with Crippen LogP contribution in [-0.4, -0.2) is 40.5 Å². The molecule has 2 heterocycles. The number of hydrogen-bond donors (Lipinski definition) is 0. The first-order valence-corrected chi connectivity index (χ1v) is 5.89. The van der Waals surface area contributed by atoms with Gasteiger partial charge in [0.25, 0.3) is 0 Å². The zero-order valence-corrected chi connectivity index (χ0v) is 10.0. The minimum absolute atomic E-state index is 0.141. The molecule has 0 amide bonds. The Morgan fingerprint density at radius 3 is 2.94 bits per heavy atom. The average molecular weight is 235 g/mol. The minimum atomic E-state index is -0.152. The molecular weight excluding hydrogens is 218 g/mol. The molecule has 1 aromatic heterocycles. The van der Waals surface area contributed by atoms with Gasteiger partial charge in [-0.1, -0.05) is 6.42 Å². The van der Waals surface area contributed by atoms with Crippen LogP contribution in [0.1, 0.15) is 25.1 Å². The lowest BCUT2D eigenvalue weighted by atomic mass is 10.0. The Labute approximate surface area is 101 Å². The Kier molecular flexibility index (Phi) is 4.03. The number of esters is 1. The fourth-order valence-electron chi connectivity index (χ4n) is 2.18. The molecule has 1 fully saturated rings. The zero-order chi connectivity index (χ0) is 12.1. The van der Waals surface area contributed by atoms with Crippen LogP contribution in [-0.2, 0) is 16.1 Å². The van der Waals surface area contributed by atoms with E-state index in [2.05, 4.69) is 14.9 Å². The van der Waals surface area contributed by atoms with E-state index in [1.165, 1.54) is 7.11 Å². The summed E-state index contributed by atoms with van der Waals surface area (Å²) in [6.07, 6.45) is 6.49. The highest BCUT2D eigenvalue weighted by Gasteiger charge is 2.29. The largest absolute Gasteiger partial charge is 0.468 e. The fraction of sp³-hybridized carbons (Fsp3) is 0.583. The zero-order valence-electron chi connectivity index (χ0n) is 10.0. The van der Waals surface area contributed by atoms with Gasteiger partial charge in [-0.25, -0.2) is 9.97 Å². The van der Waals surface area contributed by atoms with Gasteiger partial charge >= 0.3 is 5.97 Å². The van der Waals surface area contributed by atoms with E-state index >= 15 is 0 Å². The lowest BCUT2D eigenvalue weighted by Gasteiger charge is -2.32. The van der Waals surface area contributed by atoms with Crippen molar-refractivity contribution in [1.82, 2.24) is 14.9 Å². The number of nitrogens with zero attached hydrogens (tertiary/aromatic N) is 3. The average Bonchev–Trinajstić information content (AvgIpc) is 2.40. The molecule has 1 aromatic rings. The number of hydrogen-bond acceptors (Lipinski definition) is 5. The predicted molar refractivity (Wildman–Crippen MR) is 62.1 cm³/mol. The van der Waals surface area contributed by atoms with E-state index in [4.69, 9.17) is 4.74 Å². The van der Waals surface area contributed by atoms with Crippen molar-refractivity contribution < 1.29 is 9.53 Å². The standard InChI is InChI=1S/C12H17N3O2/c1-17-12(16)10-5-2-3-8-15(10)9-11-13-6-4-7-14-11/h4,6-7,10H,2-3,5,8-9H2,1H3. The quantitative estimate of drug-likeness (QED) is 0.732. The van der Waals surface area contributed by atoms with Gasteiger partial charge < -0.3 is 4.74 Å². The molecule has 0 radical (unpaired) electrons. The maximum Gasteiger partial charge on any atom is 0.323 e. The van der Waals surface area contributed by atoms with Crippen LogP contribution in [0.2, 0.25) is 0 Å². The number of aromatic nitrogens is 2. The summed E-state index contributed by atoms with van der Waals surface area (Å²) < 4.78 is 4.84. The topological polar surface area (TPSA) is 55.3 Å². The van der Waals surface area contributed by atoms with Gasteiger partial charge in [0, 0.05) is 12.4 Å². The molecule has 0 aromatic carbocycles. The number of piperidine rings is 1. The van der Waals surface area contributed by atoms with E-state index in [0.717, 1.165) is 31.6 Å². The molecule has 17 heavy (non-hydrogen) atoms. The van der Waals surface area contributed by atoms with Gasteiger partial charge in [-0.05, 0) is 25.5 Å². The van der Waals surface area contributed by atoms with Crippen LogP contribution in [0.15, 0.2) is 18.5 Å². The highest BCUT2D eigenvalue weighted by atomic mass is 16.5. The highest BCUT2D eigenvalue weighted by molar-refractivity contribution is 5.75. The van der Waals surface area contributed by atoms with Gasteiger partial charge in [-0.15, -0.1) is 0 Å². The van der Waals surface area contributed by atoms with Crippen LogP contribution in [0, 0.1) is 0 Å². The molecular formula is C12H17N3O2.